The molecule has 0 heterocycles. The van der Waals surface area contributed by atoms with Crippen molar-refractivity contribution in [2.75, 3.05) is 24.2 Å². The van der Waals surface area contributed by atoms with Gasteiger partial charge in [0.25, 0.3) is 0 Å². The third-order valence-electron chi connectivity index (χ3n) is 5.55. The summed E-state index contributed by atoms with van der Waals surface area (Å²) in [7, 11) is -2.13. The lowest BCUT2D eigenvalue weighted by Crippen LogP contribution is -2.41. The molecule has 0 aromatic heterocycles. The van der Waals surface area contributed by atoms with Gasteiger partial charge in [0.15, 0.2) is 0 Å². The summed E-state index contributed by atoms with van der Waals surface area (Å²) in [5.41, 5.74) is 4.22. The second kappa shape index (κ2) is 9.51. The standard InChI is InChI=1S/C23H30N2O4S/c1-4-22(19-13-12-17-8-5-6-9-18(17)14-19)24-23(26)16-25(30(3,27)28)20-10-7-11-21(15-20)29-2/h7,10-15,22H,4-6,8-9,16H2,1-3H3,(H,24,26)/t22-/m1/s1. The normalized spacial score (nSPS) is 14.5. The van der Waals surface area contributed by atoms with Gasteiger partial charge in [0.05, 0.1) is 25.1 Å². The summed E-state index contributed by atoms with van der Waals surface area (Å²) >= 11 is 0. The van der Waals surface area contributed by atoms with Gasteiger partial charge in [-0.3, -0.25) is 9.10 Å². The van der Waals surface area contributed by atoms with Crippen molar-refractivity contribution in [3.63, 3.8) is 0 Å². The average molecular weight is 431 g/mol. The second-order valence-corrected chi connectivity index (χ2v) is 9.64. The van der Waals surface area contributed by atoms with Crippen LogP contribution in [0.25, 0.3) is 0 Å². The summed E-state index contributed by atoms with van der Waals surface area (Å²) in [6, 6.07) is 13.0. The van der Waals surface area contributed by atoms with Gasteiger partial charge in [0.1, 0.15) is 12.3 Å². The van der Waals surface area contributed by atoms with Crippen molar-refractivity contribution < 1.29 is 17.9 Å². The number of anilines is 1. The maximum absolute atomic E-state index is 12.8. The molecule has 7 heteroatoms. The van der Waals surface area contributed by atoms with Gasteiger partial charge in [0, 0.05) is 6.07 Å². The highest BCUT2D eigenvalue weighted by atomic mass is 32.2. The van der Waals surface area contributed by atoms with E-state index in [-0.39, 0.29) is 18.5 Å². The predicted octanol–water partition coefficient (Wildman–Crippen LogP) is 3.61. The first-order valence-electron chi connectivity index (χ1n) is 10.3. The second-order valence-electron chi connectivity index (χ2n) is 7.73. The van der Waals surface area contributed by atoms with Crippen molar-refractivity contribution >= 4 is 21.6 Å². The molecule has 0 bridgehead atoms. The molecule has 6 nitrogen and oxygen atoms in total. The summed E-state index contributed by atoms with van der Waals surface area (Å²) in [4.78, 5) is 12.8. The molecule has 1 atom stereocenters. The molecule has 0 fully saturated rings. The van der Waals surface area contributed by atoms with E-state index in [0.29, 0.717) is 11.4 Å². The molecule has 0 saturated heterocycles. The molecule has 162 valence electrons. The summed E-state index contributed by atoms with van der Waals surface area (Å²) in [5, 5.41) is 3.01. The number of benzene rings is 2. The number of nitrogens with one attached hydrogen (secondary N) is 1. The monoisotopic (exact) mass is 430 g/mol. The Balaban J connectivity index is 1.77. The van der Waals surface area contributed by atoms with Crippen LogP contribution in [0, 0.1) is 0 Å². The Hall–Kier alpha value is -2.54. The van der Waals surface area contributed by atoms with E-state index >= 15 is 0 Å². The third kappa shape index (κ3) is 5.33. The van der Waals surface area contributed by atoms with E-state index in [1.54, 1.807) is 24.3 Å². The number of amides is 1. The molecule has 0 saturated carbocycles. The summed E-state index contributed by atoms with van der Waals surface area (Å²) in [6.45, 7) is 1.73. The SMILES string of the molecule is CC[C@@H](NC(=O)CN(c1cccc(OC)c1)S(C)(=O)=O)c1ccc2c(c1)CCCC2. The number of rotatable bonds is 8. The molecule has 0 unspecified atom stereocenters. The van der Waals surface area contributed by atoms with Crippen molar-refractivity contribution in [3.05, 3.63) is 59.2 Å². The number of hydrogen-bond donors (Lipinski definition) is 1. The Morgan fingerprint density at radius 2 is 1.87 bits per heavy atom. The Kier molecular flexibility index (Phi) is 7.02. The minimum absolute atomic E-state index is 0.156. The van der Waals surface area contributed by atoms with Crippen molar-refractivity contribution in [1.82, 2.24) is 5.32 Å². The Morgan fingerprint density at radius 3 is 2.53 bits per heavy atom. The first kappa shape index (κ1) is 22.2. The van der Waals surface area contributed by atoms with Gasteiger partial charge in [-0.2, -0.15) is 0 Å². The topological polar surface area (TPSA) is 75.7 Å². The molecule has 1 aliphatic rings. The van der Waals surface area contributed by atoms with Crippen molar-refractivity contribution in [1.29, 1.82) is 0 Å². The molecule has 0 aliphatic heterocycles. The molecule has 0 spiro atoms. The van der Waals surface area contributed by atoms with E-state index < -0.39 is 10.0 Å². The summed E-state index contributed by atoms with van der Waals surface area (Å²) < 4.78 is 31.0. The molecule has 1 aliphatic carbocycles. The molecule has 0 radical (unpaired) electrons. The van der Waals surface area contributed by atoms with E-state index in [0.717, 1.165) is 35.4 Å². The van der Waals surface area contributed by atoms with Crippen molar-refractivity contribution in [2.45, 2.75) is 45.1 Å². The van der Waals surface area contributed by atoms with Crippen LogP contribution in [-0.4, -0.2) is 34.2 Å². The molecule has 1 amide bonds. The Bertz CT molecular complexity index is 1000. The summed E-state index contributed by atoms with van der Waals surface area (Å²) in [6.07, 6.45) is 6.44. The van der Waals surface area contributed by atoms with Crippen molar-refractivity contribution in [3.8, 4) is 5.75 Å². The molecule has 2 aromatic carbocycles. The van der Waals surface area contributed by atoms with Crippen LogP contribution < -0.4 is 14.4 Å². The number of ether oxygens (including phenoxy) is 1. The molecule has 30 heavy (non-hydrogen) atoms. The molecule has 2 aromatic rings. The largest absolute Gasteiger partial charge is 0.497 e. The van der Waals surface area contributed by atoms with Crippen LogP contribution in [0.15, 0.2) is 42.5 Å². The van der Waals surface area contributed by atoms with E-state index in [9.17, 15) is 13.2 Å². The molecule has 3 rings (SSSR count). The lowest BCUT2D eigenvalue weighted by molar-refractivity contribution is -0.120. The molecular weight excluding hydrogens is 400 g/mol. The number of sulfonamides is 1. The van der Waals surface area contributed by atoms with Crippen LogP contribution >= 0.6 is 0 Å². The number of aryl methyl sites for hydroxylation is 2. The van der Waals surface area contributed by atoms with Gasteiger partial charge in [-0.05, 0) is 60.9 Å². The van der Waals surface area contributed by atoms with Crippen LogP contribution in [0.4, 0.5) is 5.69 Å². The highest BCUT2D eigenvalue weighted by Gasteiger charge is 2.23. The van der Waals surface area contributed by atoms with E-state index in [1.807, 2.05) is 6.92 Å². The van der Waals surface area contributed by atoms with Gasteiger partial charge < -0.3 is 10.1 Å². The van der Waals surface area contributed by atoms with Gasteiger partial charge in [-0.1, -0.05) is 31.2 Å². The van der Waals surface area contributed by atoms with Gasteiger partial charge >= 0.3 is 0 Å². The lowest BCUT2D eigenvalue weighted by Gasteiger charge is -2.25. The van der Waals surface area contributed by atoms with Crippen LogP contribution in [0.3, 0.4) is 0 Å². The zero-order valence-corrected chi connectivity index (χ0v) is 18.7. The zero-order chi connectivity index (χ0) is 21.7. The third-order valence-corrected chi connectivity index (χ3v) is 6.69. The highest BCUT2D eigenvalue weighted by molar-refractivity contribution is 7.92. The molecule has 1 N–H and O–H groups in total. The number of carbonyl (C=O) groups excluding carboxylic acids is 1. The Morgan fingerprint density at radius 1 is 1.13 bits per heavy atom. The fraction of sp³-hybridized carbons (Fsp3) is 0.435. The smallest absolute Gasteiger partial charge is 0.241 e. The van der Waals surface area contributed by atoms with Crippen molar-refractivity contribution in [2.24, 2.45) is 0 Å². The fourth-order valence-corrected chi connectivity index (χ4v) is 4.78. The summed E-state index contributed by atoms with van der Waals surface area (Å²) in [5.74, 6) is 0.190. The highest BCUT2D eigenvalue weighted by Crippen LogP contribution is 2.27. The maximum atomic E-state index is 12.8. The zero-order valence-electron chi connectivity index (χ0n) is 17.8. The minimum Gasteiger partial charge on any atom is -0.497 e. The first-order valence-corrected chi connectivity index (χ1v) is 12.2. The number of methoxy groups -OCH3 is 1. The number of hydrogen-bond acceptors (Lipinski definition) is 4. The average Bonchev–Trinajstić information content (AvgIpc) is 2.74. The van der Waals surface area contributed by atoms with Crippen LogP contribution in [0.2, 0.25) is 0 Å². The number of fused-ring (bicyclic) bond motifs is 1. The van der Waals surface area contributed by atoms with Crippen LogP contribution in [0.5, 0.6) is 5.75 Å². The van der Waals surface area contributed by atoms with E-state index in [1.165, 1.54) is 31.1 Å². The van der Waals surface area contributed by atoms with E-state index in [4.69, 9.17) is 4.74 Å². The van der Waals surface area contributed by atoms with Gasteiger partial charge in [0.2, 0.25) is 15.9 Å². The lowest BCUT2D eigenvalue weighted by atomic mass is 9.89. The van der Waals surface area contributed by atoms with Crippen LogP contribution in [-0.2, 0) is 27.7 Å². The van der Waals surface area contributed by atoms with E-state index in [2.05, 4.69) is 23.5 Å². The fourth-order valence-electron chi connectivity index (χ4n) is 3.93. The van der Waals surface area contributed by atoms with Crippen LogP contribution in [0.1, 0.15) is 48.9 Å². The van der Waals surface area contributed by atoms with Gasteiger partial charge in [-0.25, -0.2) is 8.42 Å². The van der Waals surface area contributed by atoms with Gasteiger partial charge in [-0.15, -0.1) is 0 Å². The first-order chi connectivity index (χ1) is 14.3. The predicted molar refractivity (Wildman–Crippen MR) is 119 cm³/mol. The Labute approximate surface area is 179 Å². The minimum atomic E-state index is -3.64. The maximum Gasteiger partial charge on any atom is 0.241 e. The quantitative estimate of drug-likeness (QED) is 0.694. The molecular formula is C23H30N2O4S. The number of carbonyl (C=O) groups is 1. The number of nitrogens with zero attached hydrogens (tertiary/aromatic N) is 1.